The molecule has 1 aromatic carbocycles. The minimum Gasteiger partial charge on any atom is -0.493 e. The largest absolute Gasteiger partial charge is 0.493 e. The summed E-state index contributed by atoms with van der Waals surface area (Å²) in [6, 6.07) is 4.78. The zero-order valence-electron chi connectivity index (χ0n) is 13.0. The Morgan fingerprint density at radius 1 is 1.25 bits per heavy atom. The smallest absolute Gasteiger partial charge is 0.161 e. The highest BCUT2D eigenvalue weighted by molar-refractivity contribution is 5.47. The molecule has 1 atom stereocenters. The first-order valence-corrected chi connectivity index (χ1v) is 7.27. The average Bonchev–Trinajstić information content (AvgIpc) is 2.93. The molecule has 0 bridgehead atoms. The Bertz CT molecular complexity index is 442. The number of methoxy groups -OCH3 is 2. The lowest BCUT2D eigenvalue weighted by Gasteiger charge is -2.22. The average molecular weight is 278 g/mol. The van der Waals surface area contributed by atoms with Crippen molar-refractivity contribution in [2.45, 2.75) is 32.4 Å². The number of aryl methyl sites for hydroxylation is 1. The topological polar surface area (TPSA) is 33.7 Å². The van der Waals surface area contributed by atoms with Crippen LogP contribution in [0.15, 0.2) is 12.1 Å². The summed E-state index contributed by atoms with van der Waals surface area (Å²) in [6.45, 7) is 5.31. The summed E-state index contributed by atoms with van der Waals surface area (Å²) < 4.78 is 10.7. The molecule has 2 rings (SSSR count). The quantitative estimate of drug-likeness (QED) is 0.865. The van der Waals surface area contributed by atoms with Crippen LogP contribution in [0.2, 0.25) is 0 Å². The van der Waals surface area contributed by atoms with Gasteiger partial charge in [0, 0.05) is 19.1 Å². The summed E-state index contributed by atoms with van der Waals surface area (Å²) in [7, 11) is 5.54. The van der Waals surface area contributed by atoms with Crippen LogP contribution in [-0.4, -0.2) is 45.3 Å². The SMILES string of the molecule is COc1cc(C)c(CN(C)CC2CCCN2)cc1OC. The standard InChI is InChI=1S/C16H26N2O2/c1-12-8-15(19-3)16(20-4)9-13(12)10-18(2)11-14-6-5-7-17-14/h8-9,14,17H,5-7,10-11H2,1-4H3. The molecule has 1 unspecified atom stereocenters. The highest BCUT2D eigenvalue weighted by atomic mass is 16.5. The Labute approximate surface area is 122 Å². The van der Waals surface area contributed by atoms with Gasteiger partial charge in [0.25, 0.3) is 0 Å². The normalized spacial score (nSPS) is 18.6. The van der Waals surface area contributed by atoms with E-state index in [1.165, 1.54) is 24.0 Å². The maximum absolute atomic E-state index is 5.39. The molecule has 1 aromatic rings. The first kappa shape index (κ1) is 15.1. The fourth-order valence-electron chi connectivity index (χ4n) is 2.84. The summed E-state index contributed by atoms with van der Waals surface area (Å²) in [5.74, 6) is 1.61. The first-order valence-electron chi connectivity index (χ1n) is 7.27. The summed E-state index contributed by atoms with van der Waals surface area (Å²) in [4.78, 5) is 2.37. The lowest BCUT2D eigenvalue weighted by Crippen LogP contribution is -2.35. The molecule has 4 nitrogen and oxygen atoms in total. The zero-order valence-corrected chi connectivity index (χ0v) is 13.0. The molecule has 1 aliphatic heterocycles. The molecule has 1 heterocycles. The van der Waals surface area contributed by atoms with Gasteiger partial charge in [-0.1, -0.05) is 0 Å². The molecule has 0 aromatic heterocycles. The van der Waals surface area contributed by atoms with Crippen LogP contribution in [0.5, 0.6) is 11.5 Å². The van der Waals surface area contributed by atoms with Crippen molar-refractivity contribution >= 4 is 0 Å². The molecule has 0 amide bonds. The fourth-order valence-corrected chi connectivity index (χ4v) is 2.84. The molecule has 4 heteroatoms. The summed E-state index contributed by atoms with van der Waals surface area (Å²) in [6.07, 6.45) is 2.59. The second-order valence-corrected chi connectivity index (χ2v) is 5.62. The number of rotatable bonds is 6. The van der Waals surface area contributed by atoms with Crippen LogP contribution in [0, 0.1) is 6.92 Å². The van der Waals surface area contributed by atoms with Gasteiger partial charge in [-0.15, -0.1) is 0 Å². The number of likely N-dealkylation sites (N-methyl/N-ethyl adjacent to an activating group) is 1. The van der Waals surface area contributed by atoms with Crippen LogP contribution in [-0.2, 0) is 6.54 Å². The van der Waals surface area contributed by atoms with Crippen molar-refractivity contribution in [2.75, 3.05) is 34.4 Å². The van der Waals surface area contributed by atoms with Crippen molar-refractivity contribution in [2.24, 2.45) is 0 Å². The Balaban J connectivity index is 2.03. The maximum Gasteiger partial charge on any atom is 0.161 e. The molecule has 1 N–H and O–H groups in total. The zero-order chi connectivity index (χ0) is 14.5. The Hall–Kier alpha value is -1.26. The van der Waals surface area contributed by atoms with Gasteiger partial charge in [0.05, 0.1) is 14.2 Å². The summed E-state index contributed by atoms with van der Waals surface area (Å²) in [5.41, 5.74) is 2.54. The van der Waals surface area contributed by atoms with Crippen molar-refractivity contribution < 1.29 is 9.47 Å². The van der Waals surface area contributed by atoms with E-state index in [2.05, 4.69) is 36.3 Å². The fraction of sp³-hybridized carbons (Fsp3) is 0.625. The number of hydrogen-bond donors (Lipinski definition) is 1. The lowest BCUT2D eigenvalue weighted by molar-refractivity contribution is 0.291. The van der Waals surface area contributed by atoms with E-state index in [0.717, 1.165) is 31.1 Å². The van der Waals surface area contributed by atoms with Gasteiger partial charge in [-0.2, -0.15) is 0 Å². The molecular formula is C16H26N2O2. The summed E-state index contributed by atoms with van der Waals surface area (Å²) in [5, 5.41) is 3.54. The van der Waals surface area contributed by atoms with Crippen molar-refractivity contribution in [3.8, 4) is 11.5 Å². The van der Waals surface area contributed by atoms with Crippen LogP contribution >= 0.6 is 0 Å². The van der Waals surface area contributed by atoms with Crippen LogP contribution in [0.4, 0.5) is 0 Å². The van der Waals surface area contributed by atoms with E-state index in [1.807, 2.05) is 0 Å². The van der Waals surface area contributed by atoms with Crippen LogP contribution in [0.25, 0.3) is 0 Å². The van der Waals surface area contributed by atoms with Gasteiger partial charge >= 0.3 is 0 Å². The Morgan fingerprint density at radius 3 is 2.55 bits per heavy atom. The first-order chi connectivity index (χ1) is 9.63. The third-order valence-electron chi connectivity index (χ3n) is 3.98. The lowest BCUT2D eigenvalue weighted by atomic mass is 10.1. The van der Waals surface area contributed by atoms with Gasteiger partial charge in [0.1, 0.15) is 0 Å². The monoisotopic (exact) mass is 278 g/mol. The van der Waals surface area contributed by atoms with Gasteiger partial charge in [-0.3, -0.25) is 0 Å². The van der Waals surface area contributed by atoms with Gasteiger partial charge in [0.2, 0.25) is 0 Å². The number of ether oxygens (including phenoxy) is 2. The highest BCUT2D eigenvalue weighted by Crippen LogP contribution is 2.30. The summed E-state index contributed by atoms with van der Waals surface area (Å²) >= 11 is 0. The molecule has 0 saturated carbocycles. The highest BCUT2D eigenvalue weighted by Gasteiger charge is 2.17. The van der Waals surface area contributed by atoms with Crippen LogP contribution < -0.4 is 14.8 Å². The third kappa shape index (κ3) is 3.64. The predicted octanol–water partition coefficient (Wildman–Crippen LogP) is 2.20. The van der Waals surface area contributed by atoms with E-state index in [-0.39, 0.29) is 0 Å². The van der Waals surface area contributed by atoms with E-state index in [0.29, 0.717) is 6.04 Å². The van der Waals surface area contributed by atoms with Crippen molar-refractivity contribution in [3.05, 3.63) is 23.3 Å². The molecule has 0 radical (unpaired) electrons. The third-order valence-corrected chi connectivity index (χ3v) is 3.98. The molecule has 0 spiro atoms. The van der Waals surface area contributed by atoms with E-state index >= 15 is 0 Å². The molecule has 1 aliphatic rings. The Kier molecular flexibility index (Phi) is 5.26. The van der Waals surface area contributed by atoms with E-state index in [1.54, 1.807) is 14.2 Å². The van der Waals surface area contributed by atoms with Gasteiger partial charge in [-0.05, 0) is 56.6 Å². The van der Waals surface area contributed by atoms with E-state index in [9.17, 15) is 0 Å². The minimum absolute atomic E-state index is 0.639. The van der Waals surface area contributed by atoms with Crippen molar-refractivity contribution in [1.82, 2.24) is 10.2 Å². The van der Waals surface area contributed by atoms with Crippen molar-refractivity contribution in [1.29, 1.82) is 0 Å². The molecule has 0 aliphatic carbocycles. The van der Waals surface area contributed by atoms with Crippen molar-refractivity contribution in [3.63, 3.8) is 0 Å². The molecule has 1 fully saturated rings. The second-order valence-electron chi connectivity index (χ2n) is 5.62. The number of hydrogen-bond acceptors (Lipinski definition) is 4. The molecule has 112 valence electrons. The van der Waals surface area contributed by atoms with Gasteiger partial charge in [0.15, 0.2) is 11.5 Å². The second kappa shape index (κ2) is 6.95. The predicted molar refractivity (Wildman–Crippen MR) is 81.6 cm³/mol. The molecular weight excluding hydrogens is 252 g/mol. The van der Waals surface area contributed by atoms with Gasteiger partial charge in [-0.25, -0.2) is 0 Å². The molecule has 20 heavy (non-hydrogen) atoms. The van der Waals surface area contributed by atoms with E-state index < -0.39 is 0 Å². The molecule has 1 saturated heterocycles. The number of nitrogens with one attached hydrogen (secondary N) is 1. The van der Waals surface area contributed by atoms with E-state index in [4.69, 9.17) is 9.47 Å². The number of nitrogens with zero attached hydrogens (tertiary/aromatic N) is 1. The number of benzene rings is 1. The Morgan fingerprint density at radius 2 is 1.95 bits per heavy atom. The van der Waals surface area contributed by atoms with Gasteiger partial charge < -0.3 is 19.7 Å². The van der Waals surface area contributed by atoms with Crippen LogP contribution in [0.1, 0.15) is 24.0 Å². The maximum atomic E-state index is 5.39. The minimum atomic E-state index is 0.639. The van der Waals surface area contributed by atoms with Crippen LogP contribution in [0.3, 0.4) is 0 Å².